The lowest BCUT2D eigenvalue weighted by molar-refractivity contribution is -0.176. The van der Waals surface area contributed by atoms with E-state index in [-0.39, 0.29) is 24.1 Å². The number of carbonyl (C=O) groups excluding carboxylic acids is 1. The van der Waals surface area contributed by atoms with Crippen LogP contribution in [0.4, 0.5) is 0 Å². The van der Waals surface area contributed by atoms with Gasteiger partial charge in [-0.25, -0.2) is 0 Å². The summed E-state index contributed by atoms with van der Waals surface area (Å²) in [6.45, 7) is 9.05. The molecule has 0 spiro atoms. The number of aliphatic hydroxyl groups excluding tert-OH is 1. The van der Waals surface area contributed by atoms with Gasteiger partial charge in [-0.2, -0.15) is 0 Å². The SMILES string of the molecule is CCc1ccc(O)cc1[C@]12CCN(C)[C@H](C)[C@]1(O)C[C@H](NC(=O)CCC(C)C)C(O)C2. The van der Waals surface area contributed by atoms with Crippen molar-refractivity contribution in [1.82, 2.24) is 10.2 Å². The second-order valence-electron chi connectivity index (χ2n) is 10.2. The van der Waals surface area contributed by atoms with Crippen molar-refractivity contribution in [3.8, 4) is 5.75 Å². The molecule has 0 bridgehead atoms. The van der Waals surface area contributed by atoms with Gasteiger partial charge in [0.1, 0.15) is 5.75 Å². The Hall–Kier alpha value is -1.63. The fourth-order valence-corrected chi connectivity index (χ4v) is 5.80. The lowest BCUT2D eigenvalue weighted by Gasteiger charge is -2.62. The van der Waals surface area contributed by atoms with Gasteiger partial charge in [-0.3, -0.25) is 4.79 Å². The largest absolute Gasteiger partial charge is 0.508 e. The van der Waals surface area contributed by atoms with Gasteiger partial charge in [-0.1, -0.05) is 26.8 Å². The van der Waals surface area contributed by atoms with Crippen LogP contribution < -0.4 is 5.32 Å². The van der Waals surface area contributed by atoms with Crippen LogP contribution in [0.5, 0.6) is 5.75 Å². The van der Waals surface area contributed by atoms with E-state index in [2.05, 4.69) is 31.0 Å². The molecule has 31 heavy (non-hydrogen) atoms. The monoisotopic (exact) mass is 432 g/mol. The lowest BCUT2D eigenvalue weighted by atomic mass is 9.52. The molecule has 1 heterocycles. The molecule has 1 aliphatic carbocycles. The van der Waals surface area contributed by atoms with Gasteiger partial charge in [0.2, 0.25) is 5.91 Å². The van der Waals surface area contributed by atoms with Crippen LogP contribution in [-0.4, -0.2) is 63.5 Å². The number of hydrogen-bond acceptors (Lipinski definition) is 5. The molecule has 0 radical (unpaired) electrons. The second-order valence-corrected chi connectivity index (χ2v) is 10.2. The number of piperidine rings is 1. The van der Waals surface area contributed by atoms with Crippen LogP contribution in [0.15, 0.2) is 18.2 Å². The molecule has 0 aromatic heterocycles. The number of aliphatic hydroxyl groups is 2. The standard InChI is InChI=1S/C25H40N2O4/c1-6-18-8-9-19(28)13-20(18)24-11-12-27(5)17(4)25(24,31)14-21(22(29)15-24)26-23(30)10-7-16(2)3/h8-9,13,16-17,21-22,28-29,31H,6-7,10-12,14-15H2,1-5H3,(H,26,30)/t17-,21+,22?,24-,25-/m1/s1. The van der Waals surface area contributed by atoms with Crippen molar-refractivity contribution >= 4 is 5.91 Å². The Labute approximate surface area is 186 Å². The van der Waals surface area contributed by atoms with E-state index in [4.69, 9.17) is 0 Å². The van der Waals surface area contributed by atoms with Crippen LogP contribution in [0.1, 0.15) is 70.9 Å². The molecule has 6 nitrogen and oxygen atoms in total. The molecule has 174 valence electrons. The van der Waals surface area contributed by atoms with E-state index < -0.39 is 23.2 Å². The molecule has 2 fully saturated rings. The lowest BCUT2D eigenvalue weighted by Crippen LogP contribution is -2.73. The van der Waals surface area contributed by atoms with E-state index in [0.29, 0.717) is 25.2 Å². The molecule has 3 rings (SSSR count). The van der Waals surface area contributed by atoms with E-state index in [1.165, 1.54) is 0 Å². The number of likely N-dealkylation sites (N-methyl/N-ethyl adjacent to an activating group) is 1. The minimum Gasteiger partial charge on any atom is -0.508 e. The Morgan fingerprint density at radius 3 is 2.68 bits per heavy atom. The number of carbonyl (C=O) groups is 1. The number of fused-ring (bicyclic) bond motifs is 1. The molecular weight excluding hydrogens is 392 g/mol. The van der Waals surface area contributed by atoms with E-state index >= 15 is 0 Å². The highest BCUT2D eigenvalue weighted by molar-refractivity contribution is 5.76. The first kappa shape index (κ1) is 24.0. The van der Waals surface area contributed by atoms with E-state index in [0.717, 1.165) is 30.5 Å². The van der Waals surface area contributed by atoms with Crippen molar-refractivity contribution in [2.75, 3.05) is 13.6 Å². The third-order valence-corrected chi connectivity index (χ3v) is 7.91. The van der Waals surface area contributed by atoms with Crippen LogP contribution in [0, 0.1) is 5.92 Å². The maximum Gasteiger partial charge on any atom is 0.220 e. The number of phenols is 1. The highest BCUT2D eigenvalue weighted by atomic mass is 16.3. The topological polar surface area (TPSA) is 93.0 Å². The zero-order valence-corrected chi connectivity index (χ0v) is 19.7. The number of hydrogen-bond donors (Lipinski definition) is 4. The van der Waals surface area contributed by atoms with Crippen LogP contribution in [0.2, 0.25) is 0 Å². The fraction of sp³-hybridized carbons (Fsp3) is 0.720. The normalized spacial score (nSPS) is 33.9. The highest BCUT2D eigenvalue weighted by Gasteiger charge is 2.63. The van der Waals surface area contributed by atoms with Gasteiger partial charge >= 0.3 is 0 Å². The van der Waals surface area contributed by atoms with Crippen molar-refractivity contribution in [2.24, 2.45) is 5.92 Å². The first-order chi connectivity index (χ1) is 14.5. The van der Waals surface area contributed by atoms with Crippen LogP contribution >= 0.6 is 0 Å². The van der Waals surface area contributed by atoms with Crippen molar-refractivity contribution in [2.45, 2.75) is 95.4 Å². The summed E-state index contributed by atoms with van der Waals surface area (Å²) in [4.78, 5) is 14.7. The molecule has 1 unspecified atom stereocenters. The molecule has 1 aliphatic heterocycles. The molecule has 1 aromatic carbocycles. The first-order valence-corrected chi connectivity index (χ1v) is 11.8. The molecule has 6 heteroatoms. The number of likely N-dealkylation sites (tertiary alicyclic amines) is 1. The average Bonchev–Trinajstić information content (AvgIpc) is 2.72. The fourth-order valence-electron chi connectivity index (χ4n) is 5.80. The summed E-state index contributed by atoms with van der Waals surface area (Å²) in [5.74, 6) is 0.537. The third kappa shape index (κ3) is 4.35. The highest BCUT2D eigenvalue weighted by Crippen LogP contribution is 2.55. The van der Waals surface area contributed by atoms with Crippen molar-refractivity contribution in [3.63, 3.8) is 0 Å². The first-order valence-electron chi connectivity index (χ1n) is 11.8. The molecule has 4 N–H and O–H groups in total. The van der Waals surface area contributed by atoms with Gasteiger partial charge in [0, 0.05) is 24.3 Å². The number of aryl methyl sites for hydroxylation is 1. The van der Waals surface area contributed by atoms with Crippen LogP contribution in [-0.2, 0) is 16.6 Å². The summed E-state index contributed by atoms with van der Waals surface area (Å²) in [5.41, 5.74) is 0.190. The van der Waals surface area contributed by atoms with Gasteiger partial charge in [0.25, 0.3) is 0 Å². The van der Waals surface area contributed by atoms with Crippen molar-refractivity contribution in [1.29, 1.82) is 0 Å². The smallest absolute Gasteiger partial charge is 0.220 e. The Morgan fingerprint density at radius 1 is 1.32 bits per heavy atom. The van der Waals surface area contributed by atoms with Gasteiger partial charge in [0.15, 0.2) is 0 Å². The predicted octanol–water partition coefficient (Wildman–Crippen LogP) is 2.72. The number of nitrogens with zero attached hydrogens (tertiary/aromatic N) is 1. The van der Waals surface area contributed by atoms with Crippen molar-refractivity contribution < 1.29 is 20.1 Å². The van der Waals surface area contributed by atoms with Gasteiger partial charge in [-0.05, 0) is 75.4 Å². The number of amides is 1. The molecule has 5 atom stereocenters. The number of rotatable bonds is 6. The van der Waals surface area contributed by atoms with Crippen LogP contribution in [0.25, 0.3) is 0 Å². The second kappa shape index (κ2) is 9.08. The summed E-state index contributed by atoms with van der Waals surface area (Å²) in [6.07, 6.45) is 2.57. The van der Waals surface area contributed by atoms with E-state index in [9.17, 15) is 20.1 Å². The molecule has 1 aromatic rings. The summed E-state index contributed by atoms with van der Waals surface area (Å²) in [5, 5.41) is 36.7. The number of aromatic hydroxyl groups is 1. The zero-order valence-electron chi connectivity index (χ0n) is 19.7. The minimum atomic E-state index is -1.15. The maximum absolute atomic E-state index is 12.5. The summed E-state index contributed by atoms with van der Waals surface area (Å²) >= 11 is 0. The molecule has 2 aliphatic rings. The van der Waals surface area contributed by atoms with Crippen LogP contribution in [0.3, 0.4) is 0 Å². The Bertz CT molecular complexity index is 798. The minimum absolute atomic E-state index is 0.0720. The summed E-state index contributed by atoms with van der Waals surface area (Å²) in [7, 11) is 2.01. The van der Waals surface area contributed by atoms with Gasteiger partial charge in [-0.15, -0.1) is 0 Å². The predicted molar refractivity (Wildman–Crippen MR) is 122 cm³/mol. The van der Waals surface area contributed by atoms with Gasteiger partial charge in [0.05, 0.1) is 17.7 Å². The molecular formula is C25H40N2O4. The quantitative estimate of drug-likeness (QED) is 0.555. The number of benzene rings is 1. The van der Waals surface area contributed by atoms with Crippen molar-refractivity contribution in [3.05, 3.63) is 29.3 Å². The average molecular weight is 433 g/mol. The Kier molecular flexibility index (Phi) is 7.04. The maximum atomic E-state index is 12.5. The Balaban J connectivity index is 1.99. The number of phenolic OH excluding ortho intramolecular Hbond substituents is 1. The number of nitrogens with one attached hydrogen (secondary N) is 1. The molecule has 1 amide bonds. The summed E-state index contributed by atoms with van der Waals surface area (Å²) in [6, 6.07) is 4.74. The molecule has 1 saturated carbocycles. The van der Waals surface area contributed by atoms with E-state index in [1.54, 1.807) is 12.1 Å². The molecule has 1 saturated heterocycles. The Morgan fingerprint density at radius 2 is 2.03 bits per heavy atom. The van der Waals surface area contributed by atoms with Gasteiger partial charge < -0.3 is 25.5 Å². The summed E-state index contributed by atoms with van der Waals surface area (Å²) < 4.78 is 0. The van der Waals surface area contributed by atoms with E-state index in [1.807, 2.05) is 20.0 Å². The third-order valence-electron chi connectivity index (χ3n) is 7.91. The zero-order chi connectivity index (χ0) is 23.0.